The number of rotatable bonds is 10. The zero-order valence-electron chi connectivity index (χ0n) is 17.8. The minimum Gasteiger partial charge on any atom is -0.461 e. The molecule has 154 valence electrons. The number of esters is 1. The van der Waals surface area contributed by atoms with Crippen LogP contribution in [0.3, 0.4) is 0 Å². The summed E-state index contributed by atoms with van der Waals surface area (Å²) in [5, 5.41) is 9.75. The molecule has 0 bridgehead atoms. The predicted octanol–water partition coefficient (Wildman–Crippen LogP) is 6.95. The summed E-state index contributed by atoms with van der Waals surface area (Å²) < 4.78 is 5.87. The minimum atomic E-state index is -0.862. The van der Waals surface area contributed by atoms with Crippen molar-refractivity contribution in [2.75, 3.05) is 0 Å². The lowest BCUT2D eigenvalue weighted by molar-refractivity contribution is -0.162. The molecule has 0 heterocycles. The van der Waals surface area contributed by atoms with Gasteiger partial charge in [-0.15, -0.1) is 0 Å². The number of carbonyl (C=O) groups excluding carboxylic acids is 1. The van der Waals surface area contributed by atoms with Crippen LogP contribution in [-0.4, -0.2) is 12.1 Å². The van der Waals surface area contributed by atoms with E-state index in [9.17, 15) is 10.1 Å². The molecule has 2 saturated carbocycles. The third-order valence-corrected chi connectivity index (χ3v) is 7.06. The summed E-state index contributed by atoms with van der Waals surface area (Å²) in [5.41, 5.74) is -0.862. The van der Waals surface area contributed by atoms with Crippen LogP contribution in [0, 0.1) is 28.6 Å². The maximum atomic E-state index is 12.8. The van der Waals surface area contributed by atoms with E-state index in [0.29, 0.717) is 18.8 Å². The Balaban J connectivity index is 1.74. The average Bonchev–Trinajstić information content (AvgIpc) is 2.70. The molecule has 0 aliphatic heterocycles. The lowest BCUT2D eigenvalue weighted by Crippen LogP contribution is -2.38. The third-order valence-electron chi connectivity index (χ3n) is 7.06. The first kappa shape index (κ1) is 22.3. The molecule has 3 heteroatoms. The standard InChI is InChI=1S/C24H41NO2/c1-3-5-7-9-20-11-13-22(14-12-20)27-23(26)24(19-25)17-15-21(16-18-24)10-8-6-4-2/h20-22H,3-18H2,1-2H3. The molecule has 0 atom stereocenters. The van der Waals surface area contributed by atoms with Gasteiger partial charge in [0.1, 0.15) is 6.10 Å². The third kappa shape index (κ3) is 6.81. The Morgan fingerprint density at radius 3 is 1.89 bits per heavy atom. The van der Waals surface area contributed by atoms with Crippen LogP contribution in [0.15, 0.2) is 0 Å². The van der Waals surface area contributed by atoms with Crippen LogP contribution in [0.4, 0.5) is 0 Å². The Labute approximate surface area is 167 Å². The highest BCUT2D eigenvalue weighted by Gasteiger charge is 2.44. The maximum Gasteiger partial charge on any atom is 0.326 e. The van der Waals surface area contributed by atoms with Crippen molar-refractivity contribution in [2.24, 2.45) is 17.3 Å². The molecule has 27 heavy (non-hydrogen) atoms. The molecule has 0 saturated heterocycles. The van der Waals surface area contributed by atoms with Crippen molar-refractivity contribution in [3.63, 3.8) is 0 Å². The summed E-state index contributed by atoms with van der Waals surface area (Å²) in [4.78, 5) is 12.8. The Bertz CT molecular complexity index is 465. The summed E-state index contributed by atoms with van der Waals surface area (Å²) in [6.07, 6.45) is 18.2. The Hall–Kier alpha value is -1.04. The second-order valence-electron chi connectivity index (χ2n) is 9.18. The molecule has 0 radical (unpaired) electrons. The summed E-state index contributed by atoms with van der Waals surface area (Å²) in [6, 6.07) is 2.36. The van der Waals surface area contributed by atoms with Gasteiger partial charge in [0, 0.05) is 0 Å². The van der Waals surface area contributed by atoms with Gasteiger partial charge in [-0.3, -0.25) is 4.79 Å². The van der Waals surface area contributed by atoms with E-state index in [0.717, 1.165) is 31.6 Å². The van der Waals surface area contributed by atoms with Crippen molar-refractivity contribution in [3.8, 4) is 6.07 Å². The predicted molar refractivity (Wildman–Crippen MR) is 110 cm³/mol. The number of carbonyl (C=O) groups is 1. The zero-order chi connectivity index (χ0) is 19.5. The fourth-order valence-electron chi connectivity index (χ4n) is 4.99. The Kier molecular flexibility index (Phi) is 9.66. The summed E-state index contributed by atoms with van der Waals surface area (Å²) in [6.45, 7) is 4.48. The molecule has 0 aromatic rings. The van der Waals surface area contributed by atoms with Gasteiger partial charge in [-0.05, 0) is 63.2 Å². The van der Waals surface area contributed by atoms with Gasteiger partial charge in [-0.1, -0.05) is 65.2 Å². The van der Waals surface area contributed by atoms with Crippen molar-refractivity contribution < 1.29 is 9.53 Å². The highest BCUT2D eigenvalue weighted by atomic mass is 16.5. The van der Waals surface area contributed by atoms with E-state index in [1.165, 1.54) is 64.2 Å². The van der Waals surface area contributed by atoms with Gasteiger partial charge in [0.15, 0.2) is 5.41 Å². The molecule has 2 aliphatic carbocycles. The highest BCUT2D eigenvalue weighted by Crippen LogP contribution is 2.42. The van der Waals surface area contributed by atoms with Gasteiger partial charge in [0.05, 0.1) is 6.07 Å². The number of hydrogen-bond donors (Lipinski definition) is 0. The number of nitrogens with zero attached hydrogens (tertiary/aromatic N) is 1. The number of unbranched alkanes of at least 4 members (excludes halogenated alkanes) is 4. The van der Waals surface area contributed by atoms with Crippen molar-refractivity contribution in [1.82, 2.24) is 0 Å². The van der Waals surface area contributed by atoms with Crippen LogP contribution in [0.25, 0.3) is 0 Å². The SMILES string of the molecule is CCCCCC1CCC(OC(=O)C2(C#N)CCC(CCCCC)CC2)CC1. The highest BCUT2D eigenvalue weighted by molar-refractivity contribution is 5.80. The minimum absolute atomic E-state index is 0.0485. The molecule has 2 rings (SSSR count). The normalized spacial score (nSPS) is 31.2. The van der Waals surface area contributed by atoms with Crippen LogP contribution in [0.5, 0.6) is 0 Å². The van der Waals surface area contributed by atoms with E-state index in [-0.39, 0.29) is 12.1 Å². The largest absolute Gasteiger partial charge is 0.461 e. The topological polar surface area (TPSA) is 50.1 Å². The fourth-order valence-corrected chi connectivity index (χ4v) is 4.99. The van der Waals surface area contributed by atoms with E-state index in [1.807, 2.05) is 0 Å². The molecular formula is C24H41NO2. The molecule has 0 spiro atoms. The summed E-state index contributed by atoms with van der Waals surface area (Å²) >= 11 is 0. The van der Waals surface area contributed by atoms with Gasteiger partial charge in [0.25, 0.3) is 0 Å². The van der Waals surface area contributed by atoms with Gasteiger partial charge in [-0.25, -0.2) is 0 Å². The molecule has 0 amide bonds. The molecule has 0 aromatic carbocycles. The van der Waals surface area contributed by atoms with E-state index < -0.39 is 5.41 Å². The van der Waals surface area contributed by atoms with Gasteiger partial charge in [-0.2, -0.15) is 5.26 Å². The van der Waals surface area contributed by atoms with Crippen LogP contribution in [0.1, 0.15) is 117 Å². The zero-order valence-corrected chi connectivity index (χ0v) is 17.8. The molecule has 2 fully saturated rings. The van der Waals surface area contributed by atoms with E-state index in [1.54, 1.807) is 0 Å². The quantitative estimate of drug-likeness (QED) is 0.306. The summed E-state index contributed by atoms with van der Waals surface area (Å²) in [7, 11) is 0. The van der Waals surface area contributed by atoms with Crippen LogP contribution in [-0.2, 0) is 9.53 Å². The van der Waals surface area contributed by atoms with Crippen molar-refractivity contribution in [3.05, 3.63) is 0 Å². The van der Waals surface area contributed by atoms with E-state index in [2.05, 4.69) is 19.9 Å². The average molecular weight is 376 g/mol. The Morgan fingerprint density at radius 2 is 1.41 bits per heavy atom. The van der Waals surface area contributed by atoms with Crippen molar-refractivity contribution in [2.45, 2.75) is 123 Å². The Morgan fingerprint density at radius 1 is 0.889 bits per heavy atom. The number of ether oxygens (including phenoxy) is 1. The first-order valence-corrected chi connectivity index (χ1v) is 11.8. The van der Waals surface area contributed by atoms with Crippen LogP contribution >= 0.6 is 0 Å². The second-order valence-corrected chi connectivity index (χ2v) is 9.18. The van der Waals surface area contributed by atoms with E-state index in [4.69, 9.17) is 4.74 Å². The van der Waals surface area contributed by atoms with Crippen molar-refractivity contribution >= 4 is 5.97 Å². The van der Waals surface area contributed by atoms with Gasteiger partial charge in [0.2, 0.25) is 0 Å². The van der Waals surface area contributed by atoms with Gasteiger partial charge < -0.3 is 4.74 Å². The fraction of sp³-hybridized carbons (Fsp3) is 0.917. The summed E-state index contributed by atoms with van der Waals surface area (Å²) in [5.74, 6) is 1.30. The molecule has 3 nitrogen and oxygen atoms in total. The first-order valence-electron chi connectivity index (χ1n) is 11.8. The monoisotopic (exact) mass is 375 g/mol. The van der Waals surface area contributed by atoms with Crippen molar-refractivity contribution in [1.29, 1.82) is 5.26 Å². The molecular weight excluding hydrogens is 334 g/mol. The lowest BCUT2D eigenvalue weighted by atomic mass is 9.70. The van der Waals surface area contributed by atoms with Crippen LogP contribution in [0.2, 0.25) is 0 Å². The molecule has 2 aliphatic rings. The molecule has 0 unspecified atom stereocenters. The molecule has 0 aromatic heterocycles. The molecule has 0 N–H and O–H groups in total. The second kappa shape index (κ2) is 11.7. The first-order chi connectivity index (χ1) is 13.1. The van der Waals surface area contributed by atoms with E-state index >= 15 is 0 Å². The maximum absolute atomic E-state index is 12.8. The van der Waals surface area contributed by atoms with Gasteiger partial charge >= 0.3 is 5.97 Å². The number of hydrogen-bond acceptors (Lipinski definition) is 3. The number of nitriles is 1. The lowest BCUT2D eigenvalue weighted by Gasteiger charge is -2.35. The van der Waals surface area contributed by atoms with Crippen LogP contribution < -0.4 is 0 Å². The smallest absolute Gasteiger partial charge is 0.326 e.